The van der Waals surface area contributed by atoms with E-state index < -0.39 is 5.91 Å². The molecule has 2 aromatic rings. The van der Waals surface area contributed by atoms with Gasteiger partial charge in [0.2, 0.25) is 5.88 Å². The molecule has 1 amide bonds. The van der Waals surface area contributed by atoms with Crippen molar-refractivity contribution in [2.45, 2.75) is 10.2 Å². The molecule has 0 radical (unpaired) electrons. The van der Waals surface area contributed by atoms with Crippen LogP contribution in [0.4, 0.5) is 5.82 Å². The Labute approximate surface area is 129 Å². The topological polar surface area (TPSA) is 122 Å². The molecule has 4 N–H and O–H groups in total. The zero-order valence-electron chi connectivity index (χ0n) is 11.7. The minimum Gasteiger partial charge on any atom is -0.481 e. The van der Waals surface area contributed by atoms with E-state index >= 15 is 0 Å². The summed E-state index contributed by atoms with van der Waals surface area (Å²) in [5.41, 5.74) is 11.5. The van der Waals surface area contributed by atoms with Gasteiger partial charge in [0.05, 0.1) is 7.11 Å². The van der Waals surface area contributed by atoms with Crippen LogP contribution in [0.3, 0.4) is 0 Å². The van der Waals surface area contributed by atoms with Crippen LogP contribution in [-0.2, 0) is 0 Å². The van der Waals surface area contributed by atoms with Gasteiger partial charge in [-0.1, -0.05) is 11.8 Å². The molecule has 0 saturated heterocycles. The number of hydrogen-bond acceptors (Lipinski definition) is 8. The first-order valence-corrected chi connectivity index (χ1v) is 8.16. The average molecular weight is 326 g/mol. The maximum Gasteiger partial charge on any atom is 0.255 e. The highest BCUT2D eigenvalue weighted by atomic mass is 32.2. The monoisotopic (exact) mass is 326 g/mol. The van der Waals surface area contributed by atoms with Crippen LogP contribution in [-0.4, -0.2) is 45.3 Å². The first kappa shape index (κ1) is 15.4. The van der Waals surface area contributed by atoms with Gasteiger partial charge in [0.15, 0.2) is 11.0 Å². The van der Waals surface area contributed by atoms with Crippen LogP contribution < -0.4 is 16.2 Å². The second-order valence-corrected chi connectivity index (χ2v) is 5.37. The SMILES string of the molecule is COc1cc(-n2nc(SC)c(C(N)=O)c2N)nc(SC)n1. The van der Waals surface area contributed by atoms with Gasteiger partial charge >= 0.3 is 0 Å². The van der Waals surface area contributed by atoms with E-state index in [0.717, 1.165) is 0 Å². The fourth-order valence-electron chi connectivity index (χ4n) is 1.66. The van der Waals surface area contributed by atoms with Gasteiger partial charge in [-0.3, -0.25) is 4.79 Å². The van der Waals surface area contributed by atoms with Crippen molar-refractivity contribution in [1.82, 2.24) is 19.7 Å². The molecule has 0 aliphatic rings. The van der Waals surface area contributed by atoms with E-state index in [0.29, 0.717) is 21.9 Å². The highest BCUT2D eigenvalue weighted by molar-refractivity contribution is 7.98. The number of nitrogen functional groups attached to an aromatic ring is 1. The smallest absolute Gasteiger partial charge is 0.255 e. The van der Waals surface area contributed by atoms with E-state index in [1.54, 1.807) is 12.3 Å². The molecule has 0 spiro atoms. The van der Waals surface area contributed by atoms with Crippen molar-refractivity contribution in [2.75, 3.05) is 25.4 Å². The molecule has 0 unspecified atom stereocenters. The van der Waals surface area contributed by atoms with E-state index in [4.69, 9.17) is 16.2 Å². The van der Waals surface area contributed by atoms with E-state index in [1.807, 2.05) is 6.26 Å². The number of rotatable bonds is 5. The summed E-state index contributed by atoms with van der Waals surface area (Å²) in [5.74, 6) is 0.297. The van der Waals surface area contributed by atoms with Gasteiger partial charge in [-0.05, 0) is 12.5 Å². The average Bonchev–Trinajstić information content (AvgIpc) is 2.83. The fraction of sp³-hybridized carbons (Fsp3) is 0.273. The fourth-order valence-corrected chi connectivity index (χ4v) is 2.59. The first-order chi connectivity index (χ1) is 10.0. The Hall–Kier alpha value is -1.94. The third-order valence-electron chi connectivity index (χ3n) is 2.61. The Balaban J connectivity index is 2.64. The van der Waals surface area contributed by atoms with Crippen molar-refractivity contribution in [3.63, 3.8) is 0 Å². The molecular formula is C11H14N6O2S2. The van der Waals surface area contributed by atoms with Gasteiger partial charge in [0.1, 0.15) is 16.4 Å². The summed E-state index contributed by atoms with van der Waals surface area (Å²) >= 11 is 2.64. The summed E-state index contributed by atoms with van der Waals surface area (Å²) < 4.78 is 6.48. The molecule has 2 heterocycles. The third-order valence-corrected chi connectivity index (χ3v) is 3.83. The molecule has 0 atom stereocenters. The number of primary amides is 1. The van der Waals surface area contributed by atoms with Crippen molar-refractivity contribution in [3.05, 3.63) is 11.6 Å². The van der Waals surface area contributed by atoms with Crippen LogP contribution >= 0.6 is 23.5 Å². The van der Waals surface area contributed by atoms with E-state index in [9.17, 15) is 4.79 Å². The summed E-state index contributed by atoms with van der Waals surface area (Å²) in [6.07, 6.45) is 3.62. The zero-order chi connectivity index (χ0) is 15.6. The number of carbonyl (C=O) groups is 1. The highest BCUT2D eigenvalue weighted by Crippen LogP contribution is 2.27. The third kappa shape index (κ3) is 2.90. The Kier molecular flexibility index (Phi) is 4.58. The molecule has 0 aliphatic heterocycles. The number of thioether (sulfide) groups is 2. The molecule has 2 rings (SSSR count). The number of amides is 1. The maximum absolute atomic E-state index is 11.5. The molecular weight excluding hydrogens is 312 g/mol. The van der Waals surface area contributed by atoms with Gasteiger partial charge in [-0.2, -0.15) is 14.8 Å². The zero-order valence-corrected chi connectivity index (χ0v) is 13.3. The normalized spacial score (nSPS) is 10.6. The van der Waals surface area contributed by atoms with Crippen LogP contribution in [0.25, 0.3) is 5.82 Å². The van der Waals surface area contributed by atoms with Crippen LogP contribution in [0.2, 0.25) is 0 Å². The number of methoxy groups -OCH3 is 1. The summed E-state index contributed by atoms with van der Waals surface area (Å²) in [7, 11) is 1.50. The van der Waals surface area contributed by atoms with E-state index in [2.05, 4.69) is 15.1 Å². The van der Waals surface area contributed by atoms with Gasteiger partial charge < -0.3 is 16.2 Å². The molecule has 0 fully saturated rings. The van der Waals surface area contributed by atoms with Crippen molar-refractivity contribution in [1.29, 1.82) is 0 Å². The number of aromatic nitrogens is 4. The van der Waals surface area contributed by atoms with Gasteiger partial charge in [-0.15, -0.1) is 11.8 Å². The number of ether oxygens (including phenoxy) is 1. The second-order valence-electron chi connectivity index (χ2n) is 3.80. The maximum atomic E-state index is 11.5. The Bertz CT molecular complexity index is 665. The number of nitrogens with two attached hydrogens (primary N) is 2. The highest BCUT2D eigenvalue weighted by Gasteiger charge is 2.21. The molecule has 0 aliphatic carbocycles. The predicted octanol–water partition coefficient (Wildman–Crippen LogP) is 0.796. The number of anilines is 1. The van der Waals surface area contributed by atoms with Gasteiger partial charge in [-0.25, -0.2) is 4.98 Å². The molecule has 0 aromatic carbocycles. The molecule has 10 heteroatoms. The van der Waals surface area contributed by atoms with Crippen LogP contribution in [0.15, 0.2) is 16.2 Å². The van der Waals surface area contributed by atoms with Crippen LogP contribution in [0.5, 0.6) is 5.88 Å². The summed E-state index contributed by atoms with van der Waals surface area (Å²) in [6.45, 7) is 0. The molecule has 0 saturated carbocycles. The summed E-state index contributed by atoms with van der Waals surface area (Å²) in [5, 5.41) is 5.22. The van der Waals surface area contributed by atoms with Crippen molar-refractivity contribution >= 4 is 35.2 Å². The van der Waals surface area contributed by atoms with Crippen LogP contribution in [0.1, 0.15) is 10.4 Å². The summed E-state index contributed by atoms with van der Waals surface area (Å²) in [6, 6.07) is 1.58. The van der Waals surface area contributed by atoms with Crippen LogP contribution in [0, 0.1) is 0 Å². The predicted molar refractivity (Wildman–Crippen MR) is 82.2 cm³/mol. The minimum atomic E-state index is -0.630. The lowest BCUT2D eigenvalue weighted by molar-refractivity contribution is 0.0998. The number of hydrogen-bond donors (Lipinski definition) is 2. The Morgan fingerprint density at radius 1 is 1.33 bits per heavy atom. The lowest BCUT2D eigenvalue weighted by Crippen LogP contribution is -2.14. The van der Waals surface area contributed by atoms with Crippen molar-refractivity contribution < 1.29 is 9.53 Å². The number of carbonyl (C=O) groups excluding carboxylic acids is 1. The standard InChI is InChI=1S/C11H14N6O2S2/c1-19-6-4-5(14-11(15-6)21-3)17-8(12)7(9(13)18)10(16-17)20-2/h4H,12H2,1-3H3,(H2,13,18). The first-order valence-electron chi connectivity index (χ1n) is 5.71. The molecule has 8 nitrogen and oxygen atoms in total. The lowest BCUT2D eigenvalue weighted by Gasteiger charge is -2.07. The Morgan fingerprint density at radius 3 is 2.52 bits per heavy atom. The van der Waals surface area contributed by atoms with Crippen molar-refractivity contribution in [3.8, 4) is 11.7 Å². The lowest BCUT2D eigenvalue weighted by atomic mass is 10.3. The molecule has 112 valence electrons. The second kappa shape index (κ2) is 6.22. The summed E-state index contributed by atoms with van der Waals surface area (Å²) in [4.78, 5) is 20.0. The van der Waals surface area contributed by atoms with Gasteiger partial charge in [0, 0.05) is 6.07 Å². The largest absolute Gasteiger partial charge is 0.481 e. The number of nitrogens with zero attached hydrogens (tertiary/aromatic N) is 4. The van der Waals surface area contributed by atoms with Crippen molar-refractivity contribution in [2.24, 2.45) is 5.73 Å². The quantitative estimate of drug-likeness (QED) is 0.611. The minimum absolute atomic E-state index is 0.139. The Morgan fingerprint density at radius 2 is 2.05 bits per heavy atom. The van der Waals surface area contributed by atoms with Gasteiger partial charge in [0.25, 0.3) is 5.91 Å². The van der Waals surface area contributed by atoms with E-state index in [1.165, 1.54) is 35.3 Å². The molecule has 21 heavy (non-hydrogen) atoms. The molecule has 0 bridgehead atoms. The van der Waals surface area contributed by atoms with E-state index in [-0.39, 0.29) is 11.4 Å². The molecule has 2 aromatic heterocycles.